The highest BCUT2D eigenvalue weighted by atomic mass is 35.5. The van der Waals surface area contributed by atoms with E-state index in [0.29, 0.717) is 34.1 Å². The number of nitrogen functional groups attached to an aromatic ring is 1. The first-order valence-corrected chi connectivity index (χ1v) is 7.64. The van der Waals surface area contributed by atoms with Crippen molar-refractivity contribution in [3.05, 3.63) is 22.7 Å². The Kier molecular flexibility index (Phi) is 5.42. The lowest BCUT2D eigenvalue weighted by atomic mass is 9.99. The van der Waals surface area contributed by atoms with Crippen molar-refractivity contribution >= 4 is 35.6 Å². The number of carbonyl (C=O) groups is 1. The average Bonchev–Trinajstić information content (AvgIpc) is 2.80. The van der Waals surface area contributed by atoms with Crippen molar-refractivity contribution < 1.29 is 9.53 Å². The Morgan fingerprint density at radius 2 is 2.00 bits per heavy atom. The SMILES string of the molecule is COc1cc(N)c(Cl)cc1C(=O)NC1CC2CCC(C1)N2.Cl. The molecule has 1 aromatic rings. The lowest BCUT2D eigenvalue weighted by Gasteiger charge is -2.29. The van der Waals surface area contributed by atoms with Crippen molar-refractivity contribution in [2.75, 3.05) is 12.8 Å². The van der Waals surface area contributed by atoms with Gasteiger partial charge in [-0.3, -0.25) is 4.79 Å². The largest absolute Gasteiger partial charge is 0.496 e. The van der Waals surface area contributed by atoms with Crippen molar-refractivity contribution in [3.8, 4) is 5.75 Å². The summed E-state index contributed by atoms with van der Waals surface area (Å²) < 4.78 is 5.23. The van der Waals surface area contributed by atoms with E-state index >= 15 is 0 Å². The normalized spacial score (nSPS) is 26.2. The summed E-state index contributed by atoms with van der Waals surface area (Å²) in [5, 5.41) is 7.02. The minimum Gasteiger partial charge on any atom is -0.496 e. The third kappa shape index (κ3) is 3.42. The van der Waals surface area contributed by atoms with E-state index in [1.54, 1.807) is 12.1 Å². The van der Waals surface area contributed by atoms with Crippen LogP contribution in [0.4, 0.5) is 5.69 Å². The zero-order valence-corrected chi connectivity index (χ0v) is 14.0. The highest BCUT2D eigenvalue weighted by Crippen LogP contribution is 2.30. The van der Waals surface area contributed by atoms with Gasteiger partial charge >= 0.3 is 0 Å². The highest BCUT2D eigenvalue weighted by Gasteiger charge is 2.34. The van der Waals surface area contributed by atoms with Gasteiger partial charge in [0, 0.05) is 24.2 Å². The van der Waals surface area contributed by atoms with Crippen LogP contribution in [-0.2, 0) is 0 Å². The average molecular weight is 346 g/mol. The summed E-state index contributed by atoms with van der Waals surface area (Å²) in [7, 11) is 1.52. The number of ether oxygens (including phenoxy) is 1. The summed E-state index contributed by atoms with van der Waals surface area (Å²) in [5.74, 6) is 0.298. The molecule has 2 bridgehead atoms. The van der Waals surface area contributed by atoms with Crippen LogP contribution in [-0.4, -0.2) is 31.1 Å². The molecule has 2 saturated heterocycles. The Hall–Kier alpha value is -1.17. The van der Waals surface area contributed by atoms with Crippen molar-refractivity contribution in [1.82, 2.24) is 10.6 Å². The maximum absolute atomic E-state index is 12.5. The van der Waals surface area contributed by atoms with E-state index in [0.717, 1.165) is 12.8 Å². The van der Waals surface area contributed by atoms with Crippen LogP contribution in [0.1, 0.15) is 36.0 Å². The molecule has 2 fully saturated rings. The first-order valence-electron chi connectivity index (χ1n) is 7.26. The summed E-state index contributed by atoms with van der Waals surface area (Å²) in [5.41, 5.74) is 6.58. The first kappa shape index (κ1) is 17.2. The minimum absolute atomic E-state index is 0. The van der Waals surface area contributed by atoms with Gasteiger partial charge in [-0.1, -0.05) is 11.6 Å². The smallest absolute Gasteiger partial charge is 0.255 e. The van der Waals surface area contributed by atoms with E-state index in [-0.39, 0.29) is 24.4 Å². The Labute approximate surface area is 141 Å². The molecule has 2 atom stereocenters. The zero-order valence-electron chi connectivity index (χ0n) is 12.4. The fraction of sp³-hybridized carbons (Fsp3) is 0.533. The number of benzene rings is 1. The third-order valence-electron chi connectivity index (χ3n) is 4.37. The molecule has 0 aromatic heterocycles. The molecule has 4 N–H and O–H groups in total. The molecule has 22 heavy (non-hydrogen) atoms. The second-order valence-corrected chi connectivity index (χ2v) is 6.26. The number of anilines is 1. The van der Waals surface area contributed by atoms with E-state index in [9.17, 15) is 4.79 Å². The zero-order chi connectivity index (χ0) is 15.0. The van der Waals surface area contributed by atoms with Crippen LogP contribution >= 0.6 is 24.0 Å². The highest BCUT2D eigenvalue weighted by molar-refractivity contribution is 6.33. The fourth-order valence-electron chi connectivity index (χ4n) is 3.35. The molecule has 0 radical (unpaired) electrons. The Bertz CT molecular complexity index is 556. The van der Waals surface area contributed by atoms with Gasteiger partial charge in [-0.05, 0) is 31.7 Å². The molecular formula is C15H21Cl2N3O2. The van der Waals surface area contributed by atoms with Crippen LogP contribution in [0.2, 0.25) is 5.02 Å². The number of fused-ring (bicyclic) bond motifs is 2. The van der Waals surface area contributed by atoms with Gasteiger partial charge in [-0.25, -0.2) is 0 Å². The first-order chi connectivity index (χ1) is 10.1. The molecule has 2 aliphatic heterocycles. The Morgan fingerprint density at radius 3 is 2.59 bits per heavy atom. The lowest BCUT2D eigenvalue weighted by molar-refractivity contribution is 0.0921. The number of hydrogen-bond donors (Lipinski definition) is 3. The topological polar surface area (TPSA) is 76.4 Å². The van der Waals surface area contributed by atoms with E-state index in [1.807, 2.05) is 0 Å². The number of piperidine rings is 1. The van der Waals surface area contributed by atoms with Gasteiger partial charge in [0.15, 0.2) is 0 Å². The van der Waals surface area contributed by atoms with Crippen LogP contribution in [0, 0.1) is 0 Å². The maximum Gasteiger partial charge on any atom is 0.255 e. The summed E-state index contributed by atoms with van der Waals surface area (Å²) in [4.78, 5) is 12.5. The summed E-state index contributed by atoms with van der Waals surface area (Å²) in [6.07, 6.45) is 4.36. The molecule has 122 valence electrons. The summed E-state index contributed by atoms with van der Waals surface area (Å²) in [6, 6.07) is 4.43. The Morgan fingerprint density at radius 1 is 1.36 bits per heavy atom. The van der Waals surface area contributed by atoms with Gasteiger partial charge in [0.1, 0.15) is 5.75 Å². The lowest BCUT2D eigenvalue weighted by Crippen LogP contribution is -2.48. The second kappa shape index (κ2) is 6.94. The van der Waals surface area contributed by atoms with Crippen LogP contribution < -0.4 is 21.1 Å². The van der Waals surface area contributed by atoms with E-state index in [4.69, 9.17) is 22.1 Å². The predicted molar refractivity (Wildman–Crippen MR) is 90.1 cm³/mol. The van der Waals surface area contributed by atoms with E-state index < -0.39 is 0 Å². The number of rotatable bonds is 3. The molecule has 0 aliphatic carbocycles. The number of hydrogen-bond acceptors (Lipinski definition) is 4. The molecule has 0 saturated carbocycles. The molecule has 3 rings (SSSR count). The molecule has 0 spiro atoms. The molecule has 1 amide bonds. The molecule has 7 heteroatoms. The molecule has 2 unspecified atom stereocenters. The summed E-state index contributed by atoms with van der Waals surface area (Å²) in [6.45, 7) is 0. The monoisotopic (exact) mass is 345 g/mol. The number of nitrogens with two attached hydrogens (primary N) is 1. The number of carbonyl (C=O) groups excluding carboxylic acids is 1. The fourth-order valence-corrected chi connectivity index (χ4v) is 3.52. The molecular weight excluding hydrogens is 325 g/mol. The summed E-state index contributed by atoms with van der Waals surface area (Å²) >= 11 is 6.02. The number of nitrogens with one attached hydrogen (secondary N) is 2. The number of amides is 1. The van der Waals surface area contributed by atoms with Gasteiger partial charge in [0.05, 0.1) is 23.4 Å². The van der Waals surface area contributed by atoms with Crippen LogP contribution in [0.3, 0.4) is 0 Å². The quantitative estimate of drug-likeness (QED) is 0.735. The second-order valence-electron chi connectivity index (χ2n) is 5.85. The predicted octanol–water partition coefficient (Wildman–Crippen LogP) is 2.37. The van der Waals surface area contributed by atoms with Gasteiger partial charge < -0.3 is 21.1 Å². The van der Waals surface area contributed by atoms with Crippen LogP contribution in [0.5, 0.6) is 5.75 Å². The van der Waals surface area contributed by atoms with Gasteiger partial charge in [0.2, 0.25) is 0 Å². The minimum atomic E-state index is -0.153. The maximum atomic E-state index is 12.5. The van der Waals surface area contributed by atoms with Crippen molar-refractivity contribution in [2.24, 2.45) is 0 Å². The molecule has 5 nitrogen and oxygen atoms in total. The molecule has 2 heterocycles. The Balaban J connectivity index is 0.00000176. The molecule has 1 aromatic carbocycles. The number of methoxy groups -OCH3 is 1. The van der Waals surface area contributed by atoms with Gasteiger partial charge in [-0.2, -0.15) is 0 Å². The van der Waals surface area contributed by atoms with E-state index in [1.165, 1.54) is 20.0 Å². The van der Waals surface area contributed by atoms with Crippen LogP contribution in [0.25, 0.3) is 0 Å². The third-order valence-corrected chi connectivity index (χ3v) is 4.70. The van der Waals surface area contributed by atoms with Crippen molar-refractivity contribution in [1.29, 1.82) is 0 Å². The van der Waals surface area contributed by atoms with Gasteiger partial charge in [0.25, 0.3) is 5.91 Å². The van der Waals surface area contributed by atoms with Crippen molar-refractivity contribution in [2.45, 2.75) is 43.8 Å². The van der Waals surface area contributed by atoms with E-state index in [2.05, 4.69) is 10.6 Å². The van der Waals surface area contributed by atoms with Crippen LogP contribution in [0.15, 0.2) is 12.1 Å². The van der Waals surface area contributed by atoms with Crippen molar-refractivity contribution in [3.63, 3.8) is 0 Å². The number of halogens is 2. The molecule has 2 aliphatic rings. The van der Waals surface area contributed by atoms with Gasteiger partial charge in [-0.15, -0.1) is 12.4 Å². The standard InChI is InChI=1S/C15H20ClN3O2.ClH/c1-21-14-7-13(17)12(16)6-11(14)15(20)19-10-4-8-2-3-9(5-10)18-8;/h6-10,18H,2-5,17H2,1H3,(H,19,20);1H.